The second kappa shape index (κ2) is 10.0. The fourth-order valence-corrected chi connectivity index (χ4v) is 5.03. The molecular weight excluding hydrogens is 394 g/mol. The fraction of sp³-hybridized carbons (Fsp3) is 0.483. The van der Waals surface area contributed by atoms with Crippen molar-refractivity contribution in [3.63, 3.8) is 0 Å². The van der Waals surface area contributed by atoms with Crippen LogP contribution in [0.5, 0.6) is 0 Å². The Morgan fingerprint density at radius 1 is 1.03 bits per heavy atom. The second-order valence-electron chi connectivity index (χ2n) is 10.0. The van der Waals surface area contributed by atoms with Gasteiger partial charge in [-0.15, -0.1) is 0 Å². The number of anilines is 1. The summed E-state index contributed by atoms with van der Waals surface area (Å²) < 4.78 is 6.31. The number of ether oxygens (including phenoxy) is 1. The molecule has 0 fully saturated rings. The molecule has 2 unspecified atom stereocenters. The molecule has 1 aliphatic rings. The van der Waals surface area contributed by atoms with Crippen LogP contribution in [-0.4, -0.2) is 11.9 Å². The molecule has 172 valence electrons. The van der Waals surface area contributed by atoms with Crippen LogP contribution in [0.15, 0.2) is 36.4 Å². The summed E-state index contributed by atoms with van der Waals surface area (Å²) >= 11 is 0. The number of benzene rings is 2. The van der Waals surface area contributed by atoms with Crippen molar-refractivity contribution in [1.29, 1.82) is 0 Å². The van der Waals surface area contributed by atoms with Gasteiger partial charge in [0.2, 0.25) is 0 Å². The maximum atomic E-state index is 11.6. The molecular formula is C29H39NO2. The SMILES string of the molecule is CC(=O)CC(C)O[C@@H](C)c1c(C)cc(C)cc1C1C=C(CC(C)C)c2cc(C)ccc2N1. The van der Waals surface area contributed by atoms with E-state index in [1.807, 2.05) is 6.92 Å². The monoisotopic (exact) mass is 433 g/mol. The number of ketones is 1. The molecule has 32 heavy (non-hydrogen) atoms. The van der Waals surface area contributed by atoms with Crippen LogP contribution in [0.1, 0.15) is 93.0 Å². The summed E-state index contributed by atoms with van der Waals surface area (Å²) in [7, 11) is 0. The third kappa shape index (κ3) is 5.69. The van der Waals surface area contributed by atoms with E-state index in [-0.39, 0.29) is 24.0 Å². The number of fused-ring (bicyclic) bond motifs is 1. The molecule has 1 heterocycles. The van der Waals surface area contributed by atoms with Gasteiger partial charge in [-0.2, -0.15) is 0 Å². The highest BCUT2D eigenvalue weighted by Crippen LogP contribution is 2.41. The normalized spacial score (nSPS) is 17.4. The Labute approximate surface area is 194 Å². The number of hydrogen-bond acceptors (Lipinski definition) is 3. The molecule has 0 bridgehead atoms. The van der Waals surface area contributed by atoms with Gasteiger partial charge in [0.15, 0.2) is 0 Å². The number of hydrogen-bond donors (Lipinski definition) is 1. The van der Waals surface area contributed by atoms with Crippen molar-refractivity contribution in [2.45, 2.75) is 86.5 Å². The lowest BCUT2D eigenvalue weighted by Gasteiger charge is -2.32. The van der Waals surface area contributed by atoms with Crippen molar-refractivity contribution in [3.8, 4) is 0 Å². The molecule has 3 nitrogen and oxygen atoms in total. The van der Waals surface area contributed by atoms with Crippen molar-refractivity contribution in [2.75, 3.05) is 5.32 Å². The molecule has 0 aliphatic carbocycles. The van der Waals surface area contributed by atoms with Gasteiger partial charge in [-0.3, -0.25) is 4.79 Å². The van der Waals surface area contributed by atoms with E-state index in [4.69, 9.17) is 4.74 Å². The molecule has 3 rings (SSSR count). The summed E-state index contributed by atoms with van der Waals surface area (Å²) in [4.78, 5) is 11.6. The zero-order valence-electron chi connectivity index (χ0n) is 21.0. The molecule has 1 N–H and O–H groups in total. The van der Waals surface area contributed by atoms with Crippen molar-refractivity contribution in [3.05, 3.63) is 69.8 Å². The lowest BCUT2D eigenvalue weighted by atomic mass is 9.84. The molecule has 0 amide bonds. The number of Topliss-reactive ketones (excluding diaryl/α,β-unsaturated/α-hetero) is 1. The van der Waals surface area contributed by atoms with Crippen molar-refractivity contribution in [2.24, 2.45) is 5.92 Å². The Balaban J connectivity index is 2.05. The zero-order chi connectivity index (χ0) is 23.6. The average Bonchev–Trinajstić information content (AvgIpc) is 2.66. The first-order valence-corrected chi connectivity index (χ1v) is 11.9. The van der Waals surface area contributed by atoms with E-state index in [1.54, 1.807) is 6.92 Å². The molecule has 0 saturated carbocycles. The Morgan fingerprint density at radius 2 is 1.75 bits per heavy atom. The number of aryl methyl sites for hydroxylation is 3. The molecule has 0 radical (unpaired) electrons. The molecule has 0 aromatic heterocycles. The average molecular weight is 434 g/mol. The summed E-state index contributed by atoms with van der Waals surface area (Å²) in [5, 5.41) is 3.79. The van der Waals surface area contributed by atoms with Gasteiger partial charge in [0.1, 0.15) is 5.78 Å². The predicted molar refractivity (Wildman–Crippen MR) is 135 cm³/mol. The third-order valence-corrected chi connectivity index (χ3v) is 6.14. The topological polar surface area (TPSA) is 38.3 Å². The van der Waals surface area contributed by atoms with Crippen LogP contribution in [0.25, 0.3) is 5.57 Å². The summed E-state index contributed by atoms with van der Waals surface area (Å²) in [6.45, 7) is 16.8. The van der Waals surface area contributed by atoms with Crippen LogP contribution in [0.4, 0.5) is 5.69 Å². The van der Waals surface area contributed by atoms with Gasteiger partial charge in [-0.1, -0.05) is 49.2 Å². The molecule has 2 aromatic rings. The number of nitrogens with one attached hydrogen (secondary N) is 1. The van der Waals surface area contributed by atoms with Crippen LogP contribution >= 0.6 is 0 Å². The highest BCUT2D eigenvalue weighted by atomic mass is 16.5. The highest BCUT2D eigenvalue weighted by molar-refractivity contribution is 5.81. The van der Waals surface area contributed by atoms with E-state index < -0.39 is 0 Å². The molecule has 1 aliphatic heterocycles. The minimum absolute atomic E-state index is 0.0849. The van der Waals surface area contributed by atoms with Gasteiger partial charge < -0.3 is 10.1 Å². The Hall–Kier alpha value is -2.39. The third-order valence-electron chi connectivity index (χ3n) is 6.14. The second-order valence-corrected chi connectivity index (χ2v) is 10.0. The van der Waals surface area contributed by atoms with Crippen LogP contribution < -0.4 is 5.32 Å². The van der Waals surface area contributed by atoms with E-state index in [0.29, 0.717) is 12.3 Å². The lowest BCUT2D eigenvalue weighted by Crippen LogP contribution is -2.21. The molecule has 2 aromatic carbocycles. The Bertz CT molecular complexity index is 1020. The van der Waals surface area contributed by atoms with Gasteiger partial charge in [-0.25, -0.2) is 0 Å². The standard InChI is InChI=1S/C29H39NO2/c1-17(2)11-24-16-28(30-27-10-9-18(3)13-25(24)27)26-14-19(4)12-20(5)29(26)23(8)32-22(7)15-21(6)31/h9-10,12-14,16-17,22-23,28,30H,11,15H2,1-8H3/t22?,23-,28?/m0/s1. The first-order chi connectivity index (χ1) is 15.0. The van der Waals surface area contributed by atoms with Crippen LogP contribution in [0.2, 0.25) is 0 Å². The molecule has 3 atom stereocenters. The number of carbonyl (C=O) groups excluding carboxylic acids is 1. The Kier molecular flexibility index (Phi) is 7.61. The van der Waals surface area contributed by atoms with Gasteiger partial charge in [0.25, 0.3) is 0 Å². The summed E-state index contributed by atoms with van der Waals surface area (Å²) in [5.74, 6) is 0.745. The highest BCUT2D eigenvalue weighted by Gasteiger charge is 2.26. The van der Waals surface area contributed by atoms with Crippen LogP contribution in [-0.2, 0) is 9.53 Å². The maximum absolute atomic E-state index is 11.6. The largest absolute Gasteiger partial charge is 0.374 e. The maximum Gasteiger partial charge on any atom is 0.132 e. The van der Waals surface area contributed by atoms with E-state index in [1.165, 1.54) is 44.6 Å². The smallest absolute Gasteiger partial charge is 0.132 e. The number of allylic oxidation sites excluding steroid dienone is 1. The van der Waals surface area contributed by atoms with Crippen LogP contribution in [0, 0.1) is 26.7 Å². The van der Waals surface area contributed by atoms with Crippen molar-refractivity contribution in [1.82, 2.24) is 0 Å². The van der Waals surface area contributed by atoms with Crippen molar-refractivity contribution >= 4 is 17.0 Å². The predicted octanol–water partition coefficient (Wildman–Crippen LogP) is 7.65. The van der Waals surface area contributed by atoms with Gasteiger partial charge in [0, 0.05) is 17.7 Å². The van der Waals surface area contributed by atoms with E-state index in [2.05, 4.69) is 83.3 Å². The molecule has 0 saturated heterocycles. The van der Waals surface area contributed by atoms with Crippen molar-refractivity contribution < 1.29 is 9.53 Å². The first kappa shape index (κ1) is 24.3. The van der Waals surface area contributed by atoms with Crippen LogP contribution in [0.3, 0.4) is 0 Å². The summed E-state index contributed by atoms with van der Waals surface area (Å²) in [6, 6.07) is 11.3. The lowest BCUT2D eigenvalue weighted by molar-refractivity contribution is -0.120. The van der Waals surface area contributed by atoms with Gasteiger partial charge in [0.05, 0.1) is 18.2 Å². The molecule has 3 heteroatoms. The minimum atomic E-state index is -0.105. The fourth-order valence-electron chi connectivity index (χ4n) is 5.03. The van der Waals surface area contributed by atoms with Gasteiger partial charge >= 0.3 is 0 Å². The number of rotatable bonds is 8. The zero-order valence-corrected chi connectivity index (χ0v) is 21.0. The first-order valence-electron chi connectivity index (χ1n) is 11.9. The molecule has 0 spiro atoms. The summed E-state index contributed by atoms with van der Waals surface area (Å²) in [5.41, 5.74) is 10.2. The van der Waals surface area contributed by atoms with E-state index in [0.717, 1.165) is 6.42 Å². The van der Waals surface area contributed by atoms with E-state index >= 15 is 0 Å². The summed E-state index contributed by atoms with van der Waals surface area (Å²) in [6.07, 6.45) is 3.70. The quantitative estimate of drug-likeness (QED) is 0.464. The minimum Gasteiger partial charge on any atom is -0.374 e. The number of carbonyl (C=O) groups is 1. The van der Waals surface area contributed by atoms with E-state index in [9.17, 15) is 4.79 Å². The Morgan fingerprint density at radius 3 is 2.41 bits per heavy atom. The van der Waals surface area contributed by atoms with Gasteiger partial charge in [-0.05, 0) is 88.3 Å².